The number of methoxy groups -OCH3 is 2. The summed E-state index contributed by atoms with van der Waals surface area (Å²) in [6.07, 6.45) is -7.62. The molecule has 4 N–H and O–H groups in total. The van der Waals surface area contributed by atoms with Crippen LogP contribution in [0.5, 0.6) is 28.7 Å². The van der Waals surface area contributed by atoms with Crippen molar-refractivity contribution in [1.29, 1.82) is 0 Å². The first-order chi connectivity index (χ1) is 19.7. The number of aliphatic hydroxyl groups is 4. The molecule has 8 atom stereocenters. The van der Waals surface area contributed by atoms with Gasteiger partial charge < -0.3 is 53.6 Å². The van der Waals surface area contributed by atoms with Crippen LogP contribution in [0.2, 0.25) is 0 Å². The monoisotopic (exact) mass is 572 g/mol. The van der Waals surface area contributed by atoms with E-state index in [2.05, 4.69) is 6.58 Å². The molecule has 1 saturated heterocycles. The molecule has 4 heterocycles. The maximum atomic E-state index is 13.8. The van der Waals surface area contributed by atoms with Gasteiger partial charge in [-0.3, -0.25) is 4.79 Å². The summed E-state index contributed by atoms with van der Waals surface area (Å²) < 4.78 is 40.3. The summed E-state index contributed by atoms with van der Waals surface area (Å²) in [5, 5.41) is 39.6. The predicted molar refractivity (Wildman–Crippen MR) is 140 cm³/mol. The van der Waals surface area contributed by atoms with Crippen LogP contribution in [-0.4, -0.2) is 103 Å². The number of aliphatic hydroxyl groups excluding tert-OH is 4. The lowest BCUT2D eigenvalue weighted by Gasteiger charge is -2.39. The molecule has 2 aromatic rings. The minimum absolute atomic E-state index is 0.0933. The Labute approximate surface area is 235 Å². The van der Waals surface area contributed by atoms with E-state index in [9.17, 15) is 25.2 Å². The molecule has 4 aliphatic heterocycles. The molecule has 0 aromatic heterocycles. The van der Waals surface area contributed by atoms with E-state index in [0.29, 0.717) is 51.9 Å². The van der Waals surface area contributed by atoms with Crippen LogP contribution in [0.1, 0.15) is 27.4 Å². The van der Waals surface area contributed by atoms with E-state index < -0.39 is 55.4 Å². The molecule has 0 amide bonds. The van der Waals surface area contributed by atoms with Crippen LogP contribution in [-0.2, 0) is 15.9 Å². The third kappa shape index (κ3) is 4.60. The highest BCUT2D eigenvalue weighted by Gasteiger charge is 2.47. The van der Waals surface area contributed by atoms with Gasteiger partial charge in [0, 0.05) is 23.6 Å². The van der Waals surface area contributed by atoms with Crippen LogP contribution in [0.3, 0.4) is 0 Å². The predicted octanol–water partition coefficient (Wildman–Crippen LogP) is 0.500. The molecule has 41 heavy (non-hydrogen) atoms. The first-order valence-corrected chi connectivity index (χ1v) is 13.3. The number of carbonyl (C=O) groups is 1. The lowest BCUT2D eigenvalue weighted by atomic mass is 9.81. The van der Waals surface area contributed by atoms with Crippen LogP contribution in [0.4, 0.5) is 0 Å². The van der Waals surface area contributed by atoms with E-state index in [-0.39, 0.29) is 19.0 Å². The molecule has 0 radical (unpaired) electrons. The Morgan fingerprint density at radius 3 is 2.51 bits per heavy atom. The molecular weight excluding hydrogens is 540 g/mol. The van der Waals surface area contributed by atoms with E-state index in [4.69, 9.17) is 33.2 Å². The van der Waals surface area contributed by atoms with Crippen molar-refractivity contribution in [2.45, 2.75) is 55.3 Å². The number of Topliss-reactive ketones (excluding diaryl/α,β-unsaturated/α-hetero) is 1. The van der Waals surface area contributed by atoms with E-state index in [1.165, 1.54) is 14.2 Å². The zero-order chi connectivity index (χ0) is 29.0. The highest BCUT2D eigenvalue weighted by molar-refractivity contribution is 6.06. The Morgan fingerprint density at radius 2 is 1.78 bits per heavy atom. The number of rotatable bonds is 7. The van der Waals surface area contributed by atoms with Crippen molar-refractivity contribution < 1.29 is 58.4 Å². The van der Waals surface area contributed by atoms with Gasteiger partial charge in [0.1, 0.15) is 60.5 Å². The first kappa shape index (κ1) is 27.8. The summed E-state index contributed by atoms with van der Waals surface area (Å²) in [6, 6.07) is 6.89. The lowest BCUT2D eigenvalue weighted by Crippen LogP contribution is -2.59. The van der Waals surface area contributed by atoms with Crippen molar-refractivity contribution in [3.8, 4) is 28.7 Å². The molecule has 6 rings (SSSR count). The quantitative estimate of drug-likeness (QED) is 0.341. The van der Waals surface area contributed by atoms with E-state index in [0.717, 1.165) is 5.56 Å². The fraction of sp³-hybridized carbons (Fsp3) is 0.483. The van der Waals surface area contributed by atoms with Gasteiger partial charge in [-0.25, -0.2) is 0 Å². The molecular formula is C29H32O12. The second kappa shape index (κ2) is 10.8. The van der Waals surface area contributed by atoms with Gasteiger partial charge in [-0.1, -0.05) is 6.58 Å². The number of ether oxygens (including phenoxy) is 7. The summed E-state index contributed by atoms with van der Waals surface area (Å²) in [5.41, 5.74) is 2.36. The largest absolute Gasteiger partial charge is 0.493 e. The number of benzene rings is 2. The van der Waals surface area contributed by atoms with Crippen LogP contribution in [0, 0.1) is 0 Å². The molecule has 4 aliphatic rings. The fourth-order valence-corrected chi connectivity index (χ4v) is 5.78. The lowest BCUT2D eigenvalue weighted by molar-refractivity contribution is -0.299. The molecule has 12 heteroatoms. The van der Waals surface area contributed by atoms with Crippen LogP contribution < -0.4 is 23.7 Å². The van der Waals surface area contributed by atoms with Crippen molar-refractivity contribution in [1.82, 2.24) is 0 Å². The molecule has 0 aliphatic carbocycles. The van der Waals surface area contributed by atoms with Crippen molar-refractivity contribution in [3.63, 3.8) is 0 Å². The Kier molecular flexibility index (Phi) is 7.30. The minimum Gasteiger partial charge on any atom is -0.493 e. The van der Waals surface area contributed by atoms with Crippen molar-refractivity contribution >= 4 is 5.78 Å². The highest BCUT2D eigenvalue weighted by atomic mass is 16.7. The normalized spacial score (nSPS) is 31.4. The fourth-order valence-electron chi connectivity index (χ4n) is 5.78. The zero-order valence-electron chi connectivity index (χ0n) is 22.5. The average molecular weight is 573 g/mol. The summed E-state index contributed by atoms with van der Waals surface area (Å²) in [5.74, 6) is 1.87. The maximum Gasteiger partial charge on any atom is 0.187 e. The van der Waals surface area contributed by atoms with Gasteiger partial charge in [0.25, 0.3) is 0 Å². The molecule has 220 valence electrons. The second-order valence-electron chi connectivity index (χ2n) is 10.5. The van der Waals surface area contributed by atoms with Gasteiger partial charge in [0.05, 0.1) is 38.9 Å². The molecule has 2 aromatic carbocycles. The summed E-state index contributed by atoms with van der Waals surface area (Å²) in [4.78, 5) is 13.8. The Hall–Kier alpha value is -3.39. The van der Waals surface area contributed by atoms with Crippen molar-refractivity contribution in [2.24, 2.45) is 0 Å². The SMILES string of the molecule is C=C(CO[C@H]1O[C@@H](CO)[C@H](O)[C@@H](O)[C@@H]1O)[C@@H]1Cc2c(ccc3c2O[C@@H]2COc4cc(OC)c(OC)cc4[C@H]2C3=O)O1. The van der Waals surface area contributed by atoms with Crippen LogP contribution in [0.25, 0.3) is 0 Å². The molecule has 0 bridgehead atoms. The van der Waals surface area contributed by atoms with E-state index in [1.54, 1.807) is 24.3 Å². The number of hydrogen-bond acceptors (Lipinski definition) is 12. The van der Waals surface area contributed by atoms with Gasteiger partial charge in [-0.2, -0.15) is 0 Å². The van der Waals surface area contributed by atoms with Crippen LogP contribution in [0.15, 0.2) is 36.4 Å². The highest BCUT2D eigenvalue weighted by Crippen LogP contribution is 2.50. The first-order valence-electron chi connectivity index (χ1n) is 13.3. The third-order valence-corrected chi connectivity index (χ3v) is 8.06. The van der Waals surface area contributed by atoms with Gasteiger partial charge >= 0.3 is 0 Å². The summed E-state index contributed by atoms with van der Waals surface area (Å²) in [6.45, 7) is 3.57. The Balaban J connectivity index is 1.18. The standard InChI is InChI=1S/C29H32O12/c1-12(10-38-29-27(34)26(33)25(32)21(9-30)41-29)17-7-15-16(39-17)5-4-13-24(31)23-14-6-19(35-2)20(36-3)8-18(14)37-11-22(23)40-28(13)15/h4-6,8,17,21-23,25-27,29-30,32-34H,1,7,9-11H2,2-3H3/t17-,21-,22+,23+,25-,26+,27-,29-/m0/s1. The van der Waals surface area contributed by atoms with E-state index in [1.807, 2.05) is 0 Å². The smallest absolute Gasteiger partial charge is 0.187 e. The topological polar surface area (TPSA) is 163 Å². The van der Waals surface area contributed by atoms with Crippen molar-refractivity contribution in [2.75, 3.05) is 34.0 Å². The summed E-state index contributed by atoms with van der Waals surface area (Å²) in [7, 11) is 3.06. The van der Waals surface area contributed by atoms with Gasteiger partial charge in [0.2, 0.25) is 0 Å². The molecule has 0 unspecified atom stereocenters. The minimum atomic E-state index is -1.55. The van der Waals surface area contributed by atoms with Crippen LogP contribution >= 0.6 is 0 Å². The number of carbonyl (C=O) groups excluding carboxylic acids is 1. The number of fused-ring (bicyclic) bond motifs is 6. The second-order valence-corrected chi connectivity index (χ2v) is 10.5. The Morgan fingerprint density at radius 1 is 1.02 bits per heavy atom. The van der Waals surface area contributed by atoms with Gasteiger partial charge in [0.15, 0.2) is 23.6 Å². The third-order valence-electron chi connectivity index (χ3n) is 8.06. The van der Waals surface area contributed by atoms with Gasteiger partial charge in [-0.05, 0) is 23.8 Å². The molecule has 1 fully saturated rings. The average Bonchev–Trinajstić information content (AvgIpc) is 3.44. The van der Waals surface area contributed by atoms with Crippen molar-refractivity contribution in [3.05, 3.63) is 53.1 Å². The van der Waals surface area contributed by atoms with Gasteiger partial charge in [-0.15, -0.1) is 0 Å². The summed E-state index contributed by atoms with van der Waals surface area (Å²) >= 11 is 0. The molecule has 0 saturated carbocycles. The molecule has 12 nitrogen and oxygen atoms in total. The Bertz CT molecular complexity index is 1360. The number of hydrogen-bond donors (Lipinski definition) is 4. The number of ketones is 1. The van der Waals surface area contributed by atoms with E-state index >= 15 is 0 Å². The zero-order valence-corrected chi connectivity index (χ0v) is 22.5. The molecule has 0 spiro atoms. The maximum absolute atomic E-state index is 13.8.